The number of ketones is 1. The van der Waals surface area contributed by atoms with Gasteiger partial charge in [0.1, 0.15) is 11.6 Å². The smallest absolute Gasteiger partial charge is 0.229 e. The van der Waals surface area contributed by atoms with Gasteiger partial charge in [-0.2, -0.15) is 4.98 Å². The molecule has 2 N–H and O–H groups in total. The van der Waals surface area contributed by atoms with E-state index in [1.165, 1.54) is 19.1 Å². The van der Waals surface area contributed by atoms with E-state index in [4.69, 9.17) is 0 Å². The number of anilines is 4. The quantitative estimate of drug-likeness (QED) is 0.392. The Balaban J connectivity index is 1.67. The molecule has 0 spiro atoms. The Kier molecular flexibility index (Phi) is 5.48. The van der Waals surface area contributed by atoms with Crippen LogP contribution in [-0.2, 0) is 0 Å². The monoisotopic (exact) mass is 398 g/mol. The largest absolute Gasteiger partial charge is 0.340 e. The van der Waals surface area contributed by atoms with E-state index in [0.29, 0.717) is 23.0 Å². The highest BCUT2D eigenvalue weighted by Gasteiger charge is 2.08. The van der Waals surface area contributed by atoms with Gasteiger partial charge in [0.15, 0.2) is 5.78 Å². The van der Waals surface area contributed by atoms with Crippen LogP contribution in [-0.4, -0.2) is 15.8 Å². The number of carbonyl (C=O) groups excluding carboxylic acids is 1. The van der Waals surface area contributed by atoms with E-state index in [1.54, 1.807) is 24.3 Å². The lowest BCUT2D eigenvalue weighted by molar-refractivity contribution is 0.101. The van der Waals surface area contributed by atoms with Gasteiger partial charge in [0.25, 0.3) is 0 Å². The van der Waals surface area contributed by atoms with Crippen molar-refractivity contribution < 1.29 is 9.18 Å². The van der Waals surface area contributed by atoms with Crippen LogP contribution in [0.3, 0.4) is 0 Å². The van der Waals surface area contributed by atoms with Gasteiger partial charge in [0.2, 0.25) is 5.95 Å². The summed E-state index contributed by atoms with van der Waals surface area (Å²) < 4.78 is 13.2. The summed E-state index contributed by atoms with van der Waals surface area (Å²) in [5.41, 5.74) is 3.80. The molecule has 0 aliphatic rings. The van der Waals surface area contributed by atoms with Crippen LogP contribution in [0.15, 0.2) is 84.9 Å². The summed E-state index contributed by atoms with van der Waals surface area (Å²) in [4.78, 5) is 20.6. The molecule has 0 bridgehead atoms. The molecule has 5 nitrogen and oxygen atoms in total. The Morgan fingerprint density at radius 1 is 0.800 bits per heavy atom. The summed E-state index contributed by atoms with van der Waals surface area (Å²) in [5, 5.41) is 6.37. The molecule has 4 aromatic rings. The highest BCUT2D eigenvalue weighted by atomic mass is 19.1. The molecule has 0 aliphatic heterocycles. The fourth-order valence-corrected chi connectivity index (χ4v) is 2.92. The fourth-order valence-electron chi connectivity index (χ4n) is 2.92. The molecule has 0 saturated heterocycles. The number of halogens is 1. The van der Waals surface area contributed by atoms with Crippen LogP contribution in [0.25, 0.3) is 11.3 Å². The SMILES string of the molecule is CC(=O)c1ccc(Nc2cc(-c3ccccc3)nc(Nc3ccc(F)cc3)n2)cc1. The first-order chi connectivity index (χ1) is 14.6. The first-order valence-electron chi connectivity index (χ1n) is 9.42. The Morgan fingerprint density at radius 3 is 2.10 bits per heavy atom. The topological polar surface area (TPSA) is 66.9 Å². The summed E-state index contributed by atoms with van der Waals surface area (Å²) in [6.07, 6.45) is 0. The maximum atomic E-state index is 13.2. The van der Waals surface area contributed by atoms with Gasteiger partial charge in [-0.1, -0.05) is 30.3 Å². The molecule has 6 heteroatoms. The van der Waals surface area contributed by atoms with Gasteiger partial charge in [-0.25, -0.2) is 9.37 Å². The molecule has 1 heterocycles. The number of hydrogen-bond donors (Lipinski definition) is 2. The molecule has 148 valence electrons. The number of hydrogen-bond acceptors (Lipinski definition) is 5. The highest BCUT2D eigenvalue weighted by Crippen LogP contribution is 2.25. The average Bonchev–Trinajstić information content (AvgIpc) is 2.76. The predicted molar refractivity (Wildman–Crippen MR) is 117 cm³/mol. The molecule has 0 unspecified atom stereocenters. The predicted octanol–water partition coefficient (Wildman–Crippen LogP) is 5.97. The normalized spacial score (nSPS) is 10.5. The van der Waals surface area contributed by atoms with E-state index in [9.17, 15) is 9.18 Å². The van der Waals surface area contributed by atoms with Gasteiger partial charge >= 0.3 is 0 Å². The minimum atomic E-state index is -0.309. The van der Waals surface area contributed by atoms with Crippen LogP contribution in [0.2, 0.25) is 0 Å². The Bertz CT molecular complexity index is 1160. The third-order valence-corrected chi connectivity index (χ3v) is 4.46. The maximum absolute atomic E-state index is 13.2. The van der Waals surface area contributed by atoms with Crippen LogP contribution in [0.4, 0.5) is 27.5 Å². The molecule has 0 aliphatic carbocycles. The third-order valence-electron chi connectivity index (χ3n) is 4.46. The molecule has 30 heavy (non-hydrogen) atoms. The number of rotatable bonds is 6. The molecule has 1 aromatic heterocycles. The molecular weight excluding hydrogens is 379 g/mol. The minimum absolute atomic E-state index is 0.0146. The second-order valence-corrected chi connectivity index (χ2v) is 6.72. The van der Waals surface area contributed by atoms with Gasteiger partial charge in [0.05, 0.1) is 5.69 Å². The zero-order chi connectivity index (χ0) is 20.9. The number of carbonyl (C=O) groups is 1. The van der Waals surface area contributed by atoms with E-state index >= 15 is 0 Å². The van der Waals surface area contributed by atoms with E-state index in [2.05, 4.69) is 20.6 Å². The Morgan fingerprint density at radius 2 is 1.43 bits per heavy atom. The Labute approximate surface area is 173 Å². The minimum Gasteiger partial charge on any atom is -0.340 e. The van der Waals surface area contributed by atoms with Crippen molar-refractivity contribution in [2.24, 2.45) is 0 Å². The average molecular weight is 398 g/mol. The van der Waals surface area contributed by atoms with Crippen molar-refractivity contribution >= 4 is 28.9 Å². The number of aromatic nitrogens is 2. The summed E-state index contributed by atoms with van der Waals surface area (Å²) in [6.45, 7) is 1.53. The molecule has 0 saturated carbocycles. The molecule has 4 rings (SSSR count). The van der Waals surface area contributed by atoms with E-state index in [-0.39, 0.29) is 11.6 Å². The lowest BCUT2D eigenvalue weighted by atomic mass is 10.1. The molecular formula is C24H19FN4O. The second kappa shape index (κ2) is 8.53. The maximum Gasteiger partial charge on any atom is 0.229 e. The van der Waals surface area contributed by atoms with Crippen molar-refractivity contribution in [3.05, 3.63) is 96.3 Å². The third kappa shape index (κ3) is 4.67. The second-order valence-electron chi connectivity index (χ2n) is 6.72. The molecule has 0 amide bonds. The van der Waals surface area contributed by atoms with Crippen molar-refractivity contribution in [3.8, 4) is 11.3 Å². The summed E-state index contributed by atoms with van der Waals surface area (Å²) in [6, 6.07) is 24.8. The van der Waals surface area contributed by atoms with Crippen molar-refractivity contribution in [1.82, 2.24) is 9.97 Å². The zero-order valence-electron chi connectivity index (χ0n) is 16.3. The molecule has 0 radical (unpaired) electrons. The number of benzene rings is 3. The lowest BCUT2D eigenvalue weighted by Gasteiger charge is -2.12. The Hall–Kier alpha value is -4.06. The number of nitrogens with one attached hydrogen (secondary N) is 2. The first-order valence-corrected chi connectivity index (χ1v) is 9.42. The summed E-state index contributed by atoms with van der Waals surface area (Å²) in [5.74, 6) is 0.673. The van der Waals surface area contributed by atoms with Crippen LogP contribution in [0.1, 0.15) is 17.3 Å². The van der Waals surface area contributed by atoms with Crippen LogP contribution in [0, 0.1) is 5.82 Å². The molecule has 3 aromatic carbocycles. The standard InChI is InChI=1S/C24H19FN4O/c1-16(30)17-7-11-20(12-8-17)26-23-15-22(18-5-3-2-4-6-18)28-24(29-23)27-21-13-9-19(25)10-14-21/h2-15H,1H3,(H2,26,27,28,29). The lowest BCUT2D eigenvalue weighted by Crippen LogP contribution is -2.03. The summed E-state index contributed by atoms with van der Waals surface area (Å²) >= 11 is 0. The van der Waals surface area contributed by atoms with Crippen molar-refractivity contribution in [1.29, 1.82) is 0 Å². The first kappa shape index (κ1) is 19.3. The number of nitrogens with zero attached hydrogens (tertiary/aromatic N) is 2. The van der Waals surface area contributed by atoms with Gasteiger partial charge in [-0.3, -0.25) is 4.79 Å². The van der Waals surface area contributed by atoms with E-state index in [0.717, 1.165) is 16.9 Å². The van der Waals surface area contributed by atoms with Gasteiger partial charge in [-0.05, 0) is 55.5 Å². The van der Waals surface area contributed by atoms with E-state index < -0.39 is 0 Å². The van der Waals surface area contributed by atoms with Crippen LogP contribution >= 0.6 is 0 Å². The van der Waals surface area contributed by atoms with Crippen molar-refractivity contribution in [2.75, 3.05) is 10.6 Å². The van der Waals surface area contributed by atoms with Crippen molar-refractivity contribution in [2.45, 2.75) is 6.92 Å². The zero-order valence-corrected chi connectivity index (χ0v) is 16.3. The van der Waals surface area contributed by atoms with Gasteiger partial charge in [0, 0.05) is 28.6 Å². The fraction of sp³-hybridized carbons (Fsp3) is 0.0417. The van der Waals surface area contributed by atoms with E-state index in [1.807, 2.05) is 48.5 Å². The summed E-state index contributed by atoms with van der Waals surface area (Å²) in [7, 11) is 0. The van der Waals surface area contributed by atoms with Crippen molar-refractivity contribution in [3.63, 3.8) is 0 Å². The van der Waals surface area contributed by atoms with Gasteiger partial charge < -0.3 is 10.6 Å². The molecule has 0 fully saturated rings. The van der Waals surface area contributed by atoms with Crippen LogP contribution < -0.4 is 10.6 Å². The number of Topliss-reactive ketones (excluding diaryl/α,β-unsaturated/α-hetero) is 1. The molecule has 0 atom stereocenters. The van der Waals surface area contributed by atoms with Crippen LogP contribution in [0.5, 0.6) is 0 Å². The highest BCUT2D eigenvalue weighted by molar-refractivity contribution is 5.94. The van der Waals surface area contributed by atoms with Gasteiger partial charge in [-0.15, -0.1) is 0 Å².